The van der Waals surface area contributed by atoms with Gasteiger partial charge in [0.1, 0.15) is 5.75 Å². The maximum absolute atomic E-state index is 12.4. The zero-order chi connectivity index (χ0) is 17.9. The first-order valence-electron chi connectivity index (χ1n) is 7.52. The molecule has 0 fully saturated rings. The number of nitrogens with zero attached hydrogens (tertiary/aromatic N) is 2. The Hall–Kier alpha value is -2.89. The SMILES string of the molecule is C=CCc1cc([N+](=O)[O-])ccc1OCC(=O)c1cc(C)n(C)c1C. The number of rotatable bonds is 7. The second-order valence-electron chi connectivity index (χ2n) is 5.60. The van der Waals surface area contributed by atoms with Gasteiger partial charge in [-0.3, -0.25) is 14.9 Å². The lowest BCUT2D eigenvalue weighted by Gasteiger charge is -2.10. The van der Waals surface area contributed by atoms with Crippen LogP contribution in [-0.4, -0.2) is 21.9 Å². The number of carbonyl (C=O) groups excluding carboxylic acids is 1. The number of hydrogen-bond acceptors (Lipinski definition) is 4. The Labute approximate surface area is 140 Å². The van der Waals surface area contributed by atoms with Crippen LogP contribution in [0.3, 0.4) is 0 Å². The highest BCUT2D eigenvalue weighted by Crippen LogP contribution is 2.25. The Balaban J connectivity index is 2.18. The molecule has 6 heteroatoms. The summed E-state index contributed by atoms with van der Waals surface area (Å²) in [4.78, 5) is 22.8. The lowest BCUT2D eigenvalue weighted by molar-refractivity contribution is -0.384. The first-order valence-corrected chi connectivity index (χ1v) is 7.52. The number of hydrogen-bond donors (Lipinski definition) is 0. The van der Waals surface area contributed by atoms with Crippen molar-refractivity contribution in [2.24, 2.45) is 7.05 Å². The van der Waals surface area contributed by atoms with Gasteiger partial charge in [-0.25, -0.2) is 0 Å². The number of ether oxygens (including phenoxy) is 1. The van der Waals surface area contributed by atoms with E-state index in [0.29, 0.717) is 23.3 Å². The number of benzene rings is 1. The van der Waals surface area contributed by atoms with Crippen LogP contribution < -0.4 is 4.74 Å². The predicted molar refractivity (Wildman–Crippen MR) is 91.7 cm³/mol. The van der Waals surface area contributed by atoms with Gasteiger partial charge in [-0.05, 0) is 32.4 Å². The molecule has 0 aliphatic carbocycles. The van der Waals surface area contributed by atoms with E-state index in [2.05, 4.69) is 6.58 Å². The number of carbonyl (C=O) groups is 1. The third kappa shape index (κ3) is 3.53. The fourth-order valence-electron chi connectivity index (χ4n) is 2.49. The van der Waals surface area contributed by atoms with Gasteiger partial charge >= 0.3 is 0 Å². The minimum atomic E-state index is -0.461. The number of nitro groups is 1. The zero-order valence-corrected chi connectivity index (χ0v) is 14.0. The lowest BCUT2D eigenvalue weighted by atomic mass is 10.1. The quantitative estimate of drug-likeness (QED) is 0.337. The van der Waals surface area contributed by atoms with Gasteiger partial charge in [0.25, 0.3) is 5.69 Å². The molecule has 24 heavy (non-hydrogen) atoms. The second kappa shape index (κ2) is 7.12. The Bertz CT molecular complexity index is 806. The molecule has 0 saturated heterocycles. The van der Waals surface area contributed by atoms with Crippen molar-refractivity contribution >= 4 is 11.5 Å². The lowest BCUT2D eigenvalue weighted by Crippen LogP contribution is -2.13. The summed E-state index contributed by atoms with van der Waals surface area (Å²) < 4.78 is 7.56. The van der Waals surface area contributed by atoms with Crippen LogP contribution in [0.15, 0.2) is 36.9 Å². The molecule has 0 amide bonds. The van der Waals surface area contributed by atoms with Crippen LogP contribution in [0.25, 0.3) is 0 Å². The molecular formula is C18H20N2O4. The molecule has 0 unspecified atom stereocenters. The van der Waals surface area contributed by atoms with Gasteiger partial charge in [-0.1, -0.05) is 6.08 Å². The standard InChI is InChI=1S/C18H20N2O4/c1-5-6-14-10-15(20(22)23)7-8-18(14)24-11-17(21)16-9-12(2)19(4)13(16)3/h5,7-10H,1,6,11H2,2-4H3. The van der Waals surface area contributed by atoms with Crippen LogP contribution in [0.2, 0.25) is 0 Å². The number of aryl methyl sites for hydroxylation is 1. The van der Waals surface area contributed by atoms with Crippen LogP contribution >= 0.6 is 0 Å². The van der Waals surface area contributed by atoms with Gasteiger partial charge < -0.3 is 9.30 Å². The van der Waals surface area contributed by atoms with Crippen LogP contribution in [0.1, 0.15) is 27.3 Å². The molecule has 0 bridgehead atoms. The molecule has 1 heterocycles. The fraction of sp³-hybridized carbons (Fsp3) is 0.278. The zero-order valence-electron chi connectivity index (χ0n) is 14.0. The summed E-state index contributed by atoms with van der Waals surface area (Å²) in [6, 6.07) is 6.17. The molecule has 0 spiro atoms. The molecule has 0 aliphatic heterocycles. The molecular weight excluding hydrogens is 308 g/mol. The molecule has 0 radical (unpaired) electrons. The van der Waals surface area contributed by atoms with E-state index < -0.39 is 4.92 Å². The molecule has 0 N–H and O–H groups in total. The Morgan fingerprint density at radius 1 is 1.38 bits per heavy atom. The van der Waals surface area contributed by atoms with Crippen molar-refractivity contribution in [3.8, 4) is 5.75 Å². The van der Waals surface area contributed by atoms with Crippen LogP contribution in [-0.2, 0) is 13.5 Å². The van der Waals surface area contributed by atoms with Crippen molar-refractivity contribution in [2.75, 3.05) is 6.61 Å². The maximum Gasteiger partial charge on any atom is 0.269 e. The molecule has 2 rings (SSSR count). The first kappa shape index (κ1) is 17.5. The van der Waals surface area contributed by atoms with Gasteiger partial charge in [-0.15, -0.1) is 6.58 Å². The molecule has 1 aromatic carbocycles. The highest BCUT2D eigenvalue weighted by atomic mass is 16.6. The summed E-state index contributed by atoms with van der Waals surface area (Å²) in [6.45, 7) is 7.34. The van der Waals surface area contributed by atoms with Gasteiger partial charge in [0, 0.05) is 41.7 Å². The average molecular weight is 328 g/mol. The Kier molecular flexibility index (Phi) is 5.18. The van der Waals surface area contributed by atoms with E-state index in [4.69, 9.17) is 4.74 Å². The molecule has 0 saturated carbocycles. The summed E-state index contributed by atoms with van der Waals surface area (Å²) in [5.41, 5.74) is 3.13. The molecule has 1 aromatic heterocycles. The number of Topliss-reactive ketones (excluding diaryl/α,β-unsaturated/α-hetero) is 1. The number of ketones is 1. The Morgan fingerprint density at radius 3 is 2.62 bits per heavy atom. The second-order valence-corrected chi connectivity index (χ2v) is 5.60. The number of allylic oxidation sites excluding steroid dienone is 1. The van der Waals surface area contributed by atoms with Crippen molar-refractivity contribution < 1.29 is 14.5 Å². The highest BCUT2D eigenvalue weighted by Gasteiger charge is 2.16. The predicted octanol–water partition coefficient (Wildman–Crippen LogP) is 3.54. The number of nitro benzene ring substituents is 1. The third-order valence-electron chi connectivity index (χ3n) is 4.05. The molecule has 126 valence electrons. The molecule has 0 aliphatic rings. The molecule has 6 nitrogen and oxygen atoms in total. The first-order chi connectivity index (χ1) is 11.3. The van der Waals surface area contributed by atoms with E-state index in [9.17, 15) is 14.9 Å². The Morgan fingerprint density at radius 2 is 2.08 bits per heavy atom. The van der Waals surface area contributed by atoms with Gasteiger partial charge in [0.15, 0.2) is 6.61 Å². The van der Waals surface area contributed by atoms with E-state index in [1.165, 1.54) is 18.2 Å². The molecule has 0 atom stereocenters. The average Bonchev–Trinajstić information content (AvgIpc) is 2.81. The normalized spacial score (nSPS) is 10.5. The van der Waals surface area contributed by atoms with E-state index >= 15 is 0 Å². The van der Waals surface area contributed by atoms with Crippen LogP contribution in [0.4, 0.5) is 5.69 Å². The maximum atomic E-state index is 12.4. The van der Waals surface area contributed by atoms with Gasteiger partial charge in [0.2, 0.25) is 5.78 Å². The smallest absolute Gasteiger partial charge is 0.269 e. The highest BCUT2D eigenvalue weighted by molar-refractivity contribution is 5.98. The topological polar surface area (TPSA) is 74.4 Å². The van der Waals surface area contributed by atoms with Gasteiger partial charge in [0.05, 0.1) is 4.92 Å². The van der Waals surface area contributed by atoms with Gasteiger partial charge in [-0.2, -0.15) is 0 Å². The fourth-order valence-corrected chi connectivity index (χ4v) is 2.49. The van der Waals surface area contributed by atoms with Crippen LogP contribution in [0, 0.1) is 24.0 Å². The van der Waals surface area contributed by atoms with Crippen LogP contribution in [0.5, 0.6) is 5.75 Å². The van der Waals surface area contributed by atoms with Crippen molar-refractivity contribution in [2.45, 2.75) is 20.3 Å². The largest absolute Gasteiger partial charge is 0.485 e. The summed E-state index contributed by atoms with van der Waals surface area (Å²) >= 11 is 0. The summed E-state index contributed by atoms with van der Waals surface area (Å²) in [7, 11) is 1.90. The summed E-state index contributed by atoms with van der Waals surface area (Å²) in [6.07, 6.45) is 2.06. The van der Waals surface area contributed by atoms with E-state index in [1.54, 1.807) is 6.08 Å². The molecule has 2 aromatic rings. The monoisotopic (exact) mass is 328 g/mol. The van der Waals surface area contributed by atoms with E-state index in [1.807, 2.05) is 31.5 Å². The van der Waals surface area contributed by atoms with Crippen molar-refractivity contribution in [1.29, 1.82) is 0 Å². The third-order valence-corrected chi connectivity index (χ3v) is 4.05. The minimum absolute atomic E-state index is 0.0138. The number of non-ortho nitro benzene ring substituents is 1. The van der Waals surface area contributed by atoms with Crippen molar-refractivity contribution in [3.63, 3.8) is 0 Å². The van der Waals surface area contributed by atoms with E-state index in [-0.39, 0.29) is 18.1 Å². The van der Waals surface area contributed by atoms with E-state index in [0.717, 1.165) is 11.4 Å². The van der Waals surface area contributed by atoms with Crippen molar-refractivity contribution in [3.05, 3.63) is 69.5 Å². The minimum Gasteiger partial charge on any atom is -0.485 e. The summed E-state index contributed by atoms with van der Waals surface area (Å²) in [5, 5.41) is 10.9. The number of aromatic nitrogens is 1. The summed E-state index contributed by atoms with van der Waals surface area (Å²) in [5.74, 6) is 0.332. The van der Waals surface area contributed by atoms with Crippen molar-refractivity contribution in [1.82, 2.24) is 4.57 Å².